The number of hydrogen-bond donors (Lipinski definition) is 1. The van der Waals surface area contributed by atoms with Crippen LogP contribution in [0, 0.1) is 6.92 Å². The highest BCUT2D eigenvalue weighted by molar-refractivity contribution is 5.39. The molecule has 0 aliphatic heterocycles. The number of aromatic nitrogens is 2. The van der Waals surface area contributed by atoms with Gasteiger partial charge in [-0.3, -0.25) is 4.68 Å². The van der Waals surface area contributed by atoms with Crippen molar-refractivity contribution >= 4 is 5.69 Å². The van der Waals surface area contributed by atoms with Crippen molar-refractivity contribution in [2.24, 2.45) is 0 Å². The Bertz CT molecular complexity index is 270. The van der Waals surface area contributed by atoms with E-state index in [9.17, 15) is 13.2 Å². The first kappa shape index (κ1) is 9.88. The van der Waals surface area contributed by atoms with Gasteiger partial charge in [0.25, 0.3) is 0 Å². The number of rotatable bonds is 2. The van der Waals surface area contributed by atoms with E-state index in [-0.39, 0.29) is 6.54 Å². The quantitative estimate of drug-likeness (QED) is 0.777. The van der Waals surface area contributed by atoms with Crippen molar-refractivity contribution in [2.45, 2.75) is 26.1 Å². The maximum Gasteiger partial charge on any atom is 0.390 e. The van der Waals surface area contributed by atoms with Crippen molar-refractivity contribution < 1.29 is 13.2 Å². The molecule has 3 nitrogen and oxygen atoms in total. The Kier molecular flexibility index (Phi) is 2.49. The molecule has 0 atom stereocenters. The topological polar surface area (TPSA) is 43.8 Å². The summed E-state index contributed by atoms with van der Waals surface area (Å²) in [5, 5.41) is 3.80. The molecular formula is C7H10F3N3. The molecule has 0 aromatic carbocycles. The van der Waals surface area contributed by atoms with Crippen LogP contribution in [0.25, 0.3) is 0 Å². The van der Waals surface area contributed by atoms with Crippen LogP contribution in [-0.4, -0.2) is 16.0 Å². The fraction of sp³-hybridized carbons (Fsp3) is 0.571. The molecule has 1 heterocycles. The Hall–Kier alpha value is -1.20. The summed E-state index contributed by atoms with van der Waals surface area (Å²) < 4.78 is 36.5. The zero-order chi connectivity index (χ0) is 10.1. The van der Waals surface area contributed by atoms with Crippen LogP contribution in [0.4, 0.5) is 18.9 Å². The SMILES string of the molecule is Cc1nn(CCC(F)(F)F)cc1N. The Labute approximate surface area is 73.3 Å². The molecule has 0 spiro atoms. The zero-order valence-electron chi connectivity index (χ0n) is 7.10. The number of hydrogen-bond acceptors (Lipinski definition) is 2. The van der Waals surface area contributed by atoms with Crippen molar-refractivity contribution in [3.8, 4) is 0 Å². The van der Waals surface area contributed by atoms with Gasteiger partial charge < -0.3 is 5.73 Å². The molecule has 0 fully saturated rings. The minimum Gasteiger partial charge on any atom is -0.396 e. The monoisotopic (exact) mass is 193 g/mol. The predicted octanol–water partition coefficient (Wildman–Crippen LogP) is 1.73. The first-order valence-corrected chi connectivity index (χ1v) is 3.75. The minimum absolute atomic E-state index is 0.179. The summed E-state index contributed by atoms with van der Waals surface area (Å²) in [4.78, 5) is 0. The molecule has 13 heavy (non-hydrogen) atoms. The van der Waals surface area contributed by atoms with E-state index in [1.54, 1.807) is 6.92 Å². The molecule has 2 N–H and O–H groups in total. The predicted molar refractivity (Wildman–Crippen MR) is 42.0 cm³/mol. The van der Waals surface area contributed by atoms with E-state index in [4.69, 9.17) is 5.73 Å². The molecule has 0 unspecified atom stereocenters. The maximum atomic E-state index is 11.8. The molecule has 74 valence electrons. The third-order valence-corrected chi connectivity index (χ3v) is 1.61. The highest BCUT2D eigenvalue weighted by Crippen LogP contribution is 2.20. The Balaban J connectivity index is 2.56. The molecule has 0 aliphatic rings. The van der Waals surface area contributed by atoms with Gasteiger partial charge in [0.1, 0.15) is 0 Å². The van der Waals surface area contributed by atoms with Crippen molar-refractivity contribution in [2.75, 3.05) is 5.73 Å². The molecular weight excluding hydrogens is 183 g/mol. The minimum atomic E-state index is -4.14. The average Bonchev–Trinajstić information content (AvgIpc) is 2.27. The molecule has 1 rings (SSSR count). The summed E-state index contributed by atoms with van der Waals surface area (Å²) in [7, 11) is 0. The van der Waals surface area contributed by atoms with Crippen molar-refractivity contribution in [3.05, 3.63) is 11.9 Å². The van der Waals surface area contributed by atoms with Gasteiger partial charge in [0.05, 0.1) is 17.8 Å². The van der Waals surface area contributed by atoms with E-state index in [0.29, 0.717) is 11.4 Å². The van der Waals surface area contributed by atoms with E-state index < -0.39 is 12.6 Å². The number of nitrogen functional groups attached to an aromatic ring is 1. The normalized spacial score (nSPS) is 12.0. The summed E-state index contributed by atoms with van der Waals surface area (Å²) in [6, 6.07) is 0. The first-order chi connectivity index (χ1) is 5.88. The largest absolute Gasteiger partial charge is 0.396 e. The standard InChI is InChI=1S/C7H10F3N3/c1-5-6(11)4-13(12-5)3-2-7(8,9)10/h4H,2-3,11H2,1H3. The highest BCUT2D eigenvalue weighted by Gasteiger charge is 2.26. The fourth-order valence-electron chi connectivity index (χ4n) is 0.889. The highest BCUT2D eigenvalue weighted by atomic mass is 19.4. The summed E-state index contributed by atoms with van der Waals surface area (Å²) in [6.07, 6.45) is -3.62. The summed E-state index contributed by atoms with van der Waals surface area (Å²) in [5.74, 6) is 0. The number of nitrogens with two attached hydrogens (primary N) is 1. The van der Waals surface area contributed by atoms with Gasteiger partial charge in [-0.05, 0) is 6.92 Å². The lowest BCUT2D eigenvalue weighted by molar-refractivity contribution is -0.137. The number of halogens is 3. The summed E-state index contributed by atoms with van der Waals surface area (Å²) in [5.41, 5.74) is 6.39. The third-order valence-electron chi connectivity index (χ3n) is 1.61. The Morgan fingerprint density at radius 3 is 2.54 bits per heavy atom. The van der Waals surface area contributed by atoms with Crippen molar-refractivity contribution in [1.82, 2.24) is 9.78 Å². The van der Waals surface area contributed by atoms with E-state index in [1.807, 2.05) is 0 Å². The Morgan fingerprint density at radius 1 is 1.54 bits per heavy atom. The summed E-state index contributed by atoms with van der Waals surface area (Å²) >= 11 is 0. The van der Waals surface area contributed by atoms with Gasteiger partial charge >= 0.3 is 6.18 Å². The molecule has 6 heteroatoms. The van der Waals surface area contributed by atoms with Crippen molar-refractivity contribution in [1.29, 1.82) is 0 Å². The van der Waals surface area contributed by atoms with E-state index >= 15 is 0 Å². The number of nitrogens with zero attached hydrogens (tertiary/aromatic N) is 2. The fourth-order valence-corrected chi connectivity index (χ4v) is 0.889. The number of anilines is 1. The molecule has 0 amide bonds. The van der Waals surface area contributed by atoms with Gasteiger partial charge in [0.15, 0.2) is 0 Å². The second-order valence-electron chi connectivity index (χ2n) is 2.80. The number of alkyl halides is 3. The molecule has 0 saturated heterocycles. The third kappa shape index (κ3) is 2.96. The van der Waals surface area contributed by atoms with E-state index in [0.717, 1.165) is 0 Å². The molecule has 0 saturated carbocycles. The van der Waals surface area contributed by atoms with Gasteiger partial charge in [0, 0.05) is 12.7 Å². The lowest BCUT2D eigenvalue weighted by atomic mass is 10.4. The molecule has 1 aromatic heterocycles. The second kappa shape index (κ2) is 3.27. The van der Waals surface area contributed by atoms with Crippen LogP contribution in [0.1, 0.15) is 12.1 Å². The van der Waals surface area contributed by atoms with Gasteiger partial charge in [-0.15, -0.1) is 0 Å². The van der Waals surface area contributed by atoms with E-state index in [1.165, 1.54) is 10.9 Å². The van der Waals surface area contributed by atoms with Gasteiger partial charge in [0.2, 0.25) is 0 Å². The lowest BCUT2D eigenvalue weighted by Gasteiger charge is -2.05. The smallest absolute Gasteiger partial charge is 0.390 e. The number of aryl methyl sites for hydroxylation is 2. The summed E-state index contributed by atoms with van der Waals surface area (Å²) in [6.45, 7) is 1.47. The zero-order valence-corrected chi connectivity index (χ0v) is 7.10. The molecule has 0 aliphatic carbocycles. The first-order valence-electron chi connectivity index (χ1n) is 3.75. The van der Waals surface area contributed by atoms with Gasteiger partial charge in [-0.1, -0.05) is 0 Å². The van der Waals surface area contributed by atoms with Crippen LogP contribution >= 0.6 is 0 Å². The van der Waals surface area contributed by atoms with Gasteiger partial charge in [-0.2, -0.15) is 18.3 Å². The van der Waals surface area contributed by atoms with Crippen LogP contribution < -0.4 is 5.73 Å². The molecule has 1 aromatic rings. The van der Waals surface area contributed by atoms with Crippen molar-refractivity contribution in [3.63, 3.8) is 0 Å². The molecule has 0 radical (unpaired) electrons. The van der Waals surface area contributed by atoms with Crippen LogP contribution in [-0.2, 0) is 6.54 Å². The van der Waals surface area contributed by atoms with Crippen LogP contribution in [0.5, 0.6) is 0 Å². The molecule has 0 bridgehead atoms. The van der Waals surface area contributed by atoms with Gasteiger partial charge in [-0.25, -0.2) is 0 Å². The van der Waals surface area contributed by atoms with E-state index in [2.05, 4.69) is 5.10 Å². The Morgan fingerprint density at radius 2 is 2.15 bits per heavy atom. The van der Waals surface area contributed by atoms with Crippen LogP contribution in [0.2, 0.25) is 0 Å². The average molecular weight is 193 g/mol. The second-order valence-corrected chi connectivity index (χ2v) is 2.80. The van der Waals surface area contributed by atoms with Crippen LogP contribution in [0.15, 0.2) is 6.20 Å². The maximum absolute atomic E-state index is 11.8. The van der Waals surface area contributed by atoms with Crippen LogP contribution in [0.3, 0.4) is 0 Å². The lowest BCUT2D eigenvalue weighted by Crippen LogP contribution is -2.12.